The molecular weight excluding hydrogens is 528 g/mol. The number of rotatable bonds is 5. The van der Waals surface area contributed by atoms with Gasteiger partial charge in [-0.15, -0.1) is 0 Å². The van der Waals surface area contributed by atoms with Crippen LogP contribution in [0.2, 0.25) is 0 Å². The first kappa shape index (κ1) is 33.8. The monoisotopic (exact) mass is 586 g/mol. The lowest BCUT2D eigenvalue weighted by Gasteiger charge is -2.26. The minimum Gasteiger partial charge on any atom is -0.0613 e. The fourth-order valence-electron chi connectivity index (χ4n) is 5.78. The van der Waals surface area contributed by atoms with Crippen LogP contribution in [0.3, 0.4) is 0 Å². The lowest BCUT2D eigenvalue weighted by Crippen LogP contribution is -2.16. The third-order valence-corrected chi connectivity index (χ3v) is 9.13. The Labute approximate surface area is 270 Å². The van der Waals surface area contributed by atoms with Crippen molar-refractivity contribution in [1.29, 1.82) is 0 Å². The molecule has 0 aliphatic rings. The topological polar surface area (TPSA) is 0 Å². The van der Waals surface area contributed by atoms with Gasteiger partial charge in [-0.3, -0.25) is 0 Å². The zero-order chi connectivity index (χ0) is 32.8. The maximum atomic E-state index is 2.44. The highest BCUT2D eigenvalue weighted by Gasteiger charge is 2.23. The second kappa shape index (κ2) is 12.0. The Balaban J connectivity index is 2.09. The van der Waals surface area contributed by atoms with Crippen LogP contribution in [0, 0.1) is 0 Å². The van der Waals surface area contributed by atoms with Crippen LogP contribution in [0.15, 0.2) is 72.8 Å². The molecule has 0 bridgehead atoms. The number of benzene rings is 4. The minimum atomic E-state index is 0.0601. The van der Waals surface area contributed by atoms with Crippen LogP contribution in [-0.2, 0) is 34.5 Å². The normalized spacial score (nSPS) is 13.0. The second-order valence-electron chi connectivity index (χ2n) is 17.1. The van der Waals surface area contributed by atoms with E-state index in [1.54, 1.807) is 0 Å². The summed E-state index contributed by atoms with van der Waals surface area (Å²) in [5.41, 5.74) is 16.4. The van der Waals surface area contributed by atoms with Crippen molar-refractivity contribution < 1.29 is 0 Å². The molecule has 4 aromatic carbocycles. The fraction of sp³-hybridized carbons (Fsp3) is 0.455. The average Bonchev–Trinajstić information content (AvgIpc) is 2.94. The van der Waals surface area contributed by atoms with Crippen molar-refractivity contribution in [3.63, 3.8) is 0 Å². The lowest BCUT2D eigenvalue weighted by atomic mass is 9.78. The molecule has 0 fully saturated rings. The molecule has 0 aliphatic heterocycles. The van der Waals surface area contributed by atoms with Gasteiger partial charge in [-0.2, -0.15) is 0 Å². The van der Waals surface area contributed by atoms with E-state index in [1.165, 1.54) is 66.8 Å². The molecule has 0 heteroatoms. The van der Waals surface area contributed by atoms with E-state index in [1.807, 2.05) is 0 Å². The van der Waals surface area contributed by atoms with Crippen molar-refractivity contribution >= 4 is 0 Å². The molecule has 0 radical (unpaired) electrons. The summed E-state index contributed by atoms with van der Waals surface area (Å²) in [6.45, 7) is 32.4. The molecule has 0 nitrogen and oxygen atoms in total. The van der Waals surface area contributed by atoms with Gasteiger partial charge in [0.15, 0.2) is 0 Å². The van der Waals surface area contributed by atoms with Gasteiger partial charge in [0.2, 0.25) is 0 Å². The van der Waals surface area contributed by atoms with Gasteiger partial charge >= 0.3 is 0 Å². The quantitative estimate of drug-likeness (QED) is 0.218. The summed E-state index contributed by atoms with van der Waals surface area (Å²) in [6, 6.07) is 29.1. The van der Waals surface area contributed by atoms with Crippen LogP contribution in [0.25, 0.3) is 33.4 Å². The van der Waals surface area contributed by atoms with Gasteiger partial charge in [0.1, 0.15) is 0 Å². The maximum Gasteiger partial charge on any atom is -0.0132 e. The molecule has 0 spiro atoms. The van der Waals surface area contributed by atoms with Crippen LogP contribution in [0.5, 0.6) is 0 Å². The van der Waals surface area contributed by atoms with Crippen molar-refractivity contribution in [3.05, 3.63) is 106 Å². The first-order valence-corrected chi connectivity index (χ1v) is 16.8. The third kappa shape index (κ3) is 7.74. The Bertz CT molecular complexity index is 1520. The Morgan fingerprint density at radius 1 is 0.295 bits per heavy atom. The summed E-state index contributed by atoms with van der Waals surface area (Å²) in [5, 5.41) is 0. The zero-order valence-electron chi connectivity index (χ0n) is 30.3. The molecule has 4 aromatic rings. The molecule has 44 heavy (non-hydrogen) atoms. The average molecular weight is 587 g/mol. The Hall–Kier alpha value is -3.12. The maximum absolute atomic E-state index is 2.44. The standard InChI is InChI=1S/C44H58/c1-15-29-17-31(24-37(19-29)41(3,4)5)33-21-34(32-18-30(16-2)20-38(25-32)42(6,7)8)23-35(22-33)36-26-39(43(9,10)11)28-40(27-36)44(12,13)14/h17-28H,15-16H2,1-14H3. The summed E-state index contributed by atoms with van der Waals surface area (Å²) in [7, 11) is 0. The van der Waals surface area contributed by atoms with E-state index in [0.717, 1.165) is 12.8 Å². The van der Waals surface area contributed by atoms with Gasteiger partial charge in [-0.05, 0) is 119 Å². The number of aryl methyl sites for hydroxylation is 2. The molecule has 0 heterocycles. The van der Waals surface area contributed by atoms with Gasteiger partial charge in [0.25, 0.3) is 0 Å². The van der Waals surface area contributed by atoms with Gasteiger partial charge in [0.05, 0.1) is 0 Å². The summed E-state index contributed by atoms with van der Waals surface area (Å²) in [6.07, 6.45) is 2.05. The highest BCUT2D eigenvalue weighted by atomic mass is 14.3. The van der Waals surface area contributed by atoms with Crippen LogP contribution >= 0.6 is 0 Å². The Morgan fingerprint density at radius 3 is 0.773 bits per heavy atom. The Kier molecular flexibility index (Phi) is 9.21. The minimum absolute atomic E-state index is 0.0601. The molecular formula is C44H58. The van der Waals surface area contributed by atoms with Crippen LogP contribution in [0.1, 0.15) is 130 Å². The van der Waals surface area contributed by atoms with Gasteiger partial charge in [-0.25, -0.2) is 0 Å². The predicted molar refractivity (Wildman–Crippen MR) is 196 cm³/mol. The van der Waals surface area contributed by atoms with Crippen LogP contribution in [0.4, 0.5) is 0 Å². The Morgan fingerprint density at radius 2 is 0.523 bits per heavy atom. The predicted octanol–water partition coefficient (Wildman–Crippen LogP) is 13.0. The molecule has 0 aromatic heterocycles. The van der Waals surface area contributed by atoms with Crippen LogP contribution in [-0.4, -0.2) is 0 Å². The number of hydrogen-bond acceptors (Lipinski definition) is 0. The van der Waals surface area contributed by atoms with Crippen molar-refractivity contribution in [2.24, 2.45) is 0 Å². The molecule has 0 saturated carbocycles. The molecule has 234 valence electrons. The summed E-state index contributed by atoms with van der Waals surface area (Å²) in [5.74, 6) is 0. The largest absolute Gasteiger partial charge is 0.0613 e. The van der Waals surface area contributed by atoms with E-state index in [4.69, 9.17) is 0 Å². The van der Waals surface area contributed by atoms with E-state index in [2.05, 4.69) is 170 Å². The smallest absolute Gasteiger partial charge is 0.0132 e. The molecule has 0 atom stereocenters. The first-order valence-electron chi connectivity index (χ1n) is 16.8. The fourth-order valence-corrected chi connectivity index (χ4v) is 5.78. The van der Waals surface area contributed by atoms with Gasteiger partial charge < -0.3 is 0 Å². The highest BCUT2D eigenvalue weighted by molar-refractivity contribution is 5.82. The highest BCUT2D eigenvalue weighted by Crippen LogP contribution is 2.40. The van der Waals surface area contributed by atoms with E-state index in [0.29, 0.717) is 0 Å². The van der Waals surface area contributed by atoms with E-state index in [9.17, 15) is 0 Å². The molecule has 0 amide bonds. The van der Waals surface area contributed by atoms with E-state index >= 15 is 0 Å². The zero-order valence-corrected chi connectivity index (χ0v) is 30.3. The summed E-state index contributed by atoms with van der Waals surface area (Å²) < 4.78 is 0. The molecule has 4 rings (SSSR count). The molecule has 0 saturated heterocycles. The van der Waals surface area contributed by atoms with Crippen molar-refractivity contribution in [3.8, 4) is 33.4 Å². The molecule has 0 N–H and O–H groups in total. The SMILES string of the molecule is CCc1cc(-c2cc(-c3cc(CC)cc(C(C)(C)C)c3)cc(-c3cc(C(C)(C)C)cc(C(C)(C)C)c3)c2)cc(C(C)(C)C)c1. The summed E-state index contributed by atoms with van der Waals surface area (Å²) in [4.78, 5) is 0. The number of hydrogen-bond donors (Lipinski definition) is 0. The van der Waals surface area contributed by atoms with Gasteiger partial charge in [0, 0.05) is 0 Å². The second-order valence-corrected chi connectivity index (χ2v) is 17.1. The van der Waals surface area contributed by atoms with Crippen molar-refractivity contribution in [1.82, 2.24) is 0 Å². The van der Waals surface area contributed by atoms with Crippen LogP contribution < -0.4 is 0 Å². The lowest BCUT2D eigenvalue weighted by molar-refractivity contribution is 0.569. The van der Waals surface area contributed by atoms with Crippen molar-refractivity contribution in [2.75, 3.05) is 0 Å². The van der Waals surface area contributed by atoms with E-state index < -0.39 is 0 Å². The van der Waals surface area contributed by atoms with Crippen molar-refractivity contribution in [2.45, 2.75) is 131 Å². The molecule has 0 unspecified atom stereocenters. The molecule has 0 aliphatic carbocycles. The summed E-state index contributed by atoms with van der Waals surface area (Å²) >= 11 is 0. The van der Waals surface area contributed by atoms with E-state index in [-0.39, 0.29) is 21.7 Å². The third-order valence-electron chi connectivity index (χ3n) is 9.13. The first-order chi connectivity index (χ1) is 20.2. The van der Waals surface area contributed by atoms with Gasteiger partial charge in [-0.1, -0.05) is 152 Å².